The summed E-state index contributed by atoms with van der Waals surface area (Å²) in [6.07, 6.45) is 6.47. The molecule has 1 aromatic heterocycles. The molecule has 4 heteroatoms. The van der Waals surface area contributed by atoms with E-state index in [9.17, 15) is 4.79 Å². The van der Waals surface area contributed by atoms with Gasteiger partial charge in [-0.05, 0) is 30.4 Å². The van der Waals surface area contributed by atoms with Gasteiger partial charge in [0.1, 0.15) is 11.8 Å². The Labute approximate surface area is 81.5 Å². The number of aromatic nitrogens is 2. The molecule has 1 aliphatic rings. The highest BCUT2D eigenvalue weighted by Gasteiger charge is 2.34. The molecule has 2 rings (SSSR count). The number of carbonyl (C=O) groups is 1. The van der Waals surface area contributed by atoms with Crippen molar-refractivity contribution in [1.29, 1.82) is 0 Å². The molecule has 0 aliphatic carbocycles. The van der Waals surface area contributed by atoms with Gasteiger partial charge in [0.15, 0.2) is 0 Å². The molecule has 0 atom stereocenters. The van der Waals surface area contributed by atoms with Crippen LogP contribution in [0.1, 0.15) is 12.8 Å². The zero-order valence-corrected chi connectivity index (χ0v) is 8.17. The van der Waals surface area contributed by atoms with Crippen LogP contribution < -0.4 is 0 Å². The van der Waals surface area contributed by atoms with Gasteiger partial charge in [-0.3, -0.25) is 4.68 Å². The van der Waals surface area contributed by atoms with Crippen molar-refractivity contribution >= 4 is 18.0 Å². The van der Waals surface area contributed by atoms with E-state index in [1.807, 2.05) is 24.0 Å². The Morgan fingerprint density at radius 2 is 2.23 bits per heavy atom. The van der Waals surface area contributed by atoms with Gasteiger partial charge in [-0.15, -0.1) is 0 Å². The van der Waals surface area contributed by atoms with Crippen LogP contribution in [-0.2, 0) is 10.3 Å². The average Bonchev–Trinajstić information content (AvgIpc) is 2.72. The van der Waals surface area contributed by atoms with Crippen LogP contribution >= 0.6 is 11.8 Å². The maximum atomic E-state index is 11.1. The summed E-state index contributed by atoms with van der Waals surface area (Å²) in [7, 11) is 0. The molecular formula is C9H12N2OS. The van der Waals surface area contributed by atoms with Gasteiger partial charge < -0.3 is 4.79 Å². The Kier molecular flexibility index (Phi) is 2.40. The van der Waals surface area contributed by atoms with Gasteiger partial charge in [0.25, 0.3) is 0 Å². The summed E-state index contributed by atoms with van der Waals surface area (Å²) < 4.78 is 1.81. The van der Waals surface area contributed by atoms with Crippen molar-refractivity contribution in [3.05, 3.63) is 18.5 Å². The van der Waals surface area contributed by atoms with Gasteiger partial charge in [0, 0.05) is 12.4 Å². The van der Waals surface area contributed by atoms with Crippen molar-refractivity contribution < 1.29 is 4.79 Å². The minimum absolute atomic E-state index is 0.352. The van der Waals surface area contributed by atoms with E-state index >= 15 is 0 Å². The first-order chi connectivity index (χ1) is 6.37. The summed E-state index contributed by atoms with van der Waals surface area (Å²) >= 11 is 1.91. The summed E-state index contributed by atoms with van der Waals surface area (Å²) in [6, 6.07) is 1.87. The molecule has 0 aromatic carbocycles. The Balaban J connectivity index is 2.28. The van der Waals surface area contributed by atoms with Crippen LogP contribution in [0.4, 0.5) is 0 Å². The van der Waals surface area contributed by atoms with E-state index in [0.29, 0.717) is 0 Å². The van der Waals surface area contributed by atoms with Crippen molar-refractivity contribution in [3.8, 4) is 0 Å². The molecule has 1 saturated heterocycles. The van der Waals surface area contributed by atoms with E-state index in [2.05, 4.69) is 5.10 Å². The molecule has 0 saturated carbocycles. The molecule has 70 valence electrons. The lowest BCUT2D eigenvalue weighted by Crippen LogP contribution is -2.39. The van der Waals surface area contributed by atoms with E-state index in [1.54, 1.807) is 10.9 Å². The SMILES string of the molecule is O=CC1(n2cccn2)CCSCC1. The fourth-order valence-corrected chi connectivity index (χ4v) is 2.86. The predicted molar refractivity (Wildman–Crippen MR) is 52.8 cm³/mol. The zero-order valence-electron chi connectivity index (χ0n) is 7.35. The van der Waals surface area contributed by atoms with E-state index in [1.165, 1.54) is 0 Å². The molecule has 0 spiro atoms. The van der Waals surface area contributed by atoms with Crippen LogP contribution in [0.25, 0.3) is 0 Å². The molecule has 1 aromatic rings. The largest absolute Gasteiger partial charge is 0.301 e. The van der Waals surface area contributed by atoms with Crippen LogP contribution in [0, 0.1) is 0 Å². The zero-order chi connectivity index (χ0) is 9.15. The third-order valence-corrected chi connectivity index (χ3v) is 3.52. The maximum absolute atomic E-state index is 11.1. The van der Waals surface area contributed by atoms with E-state index < -0.39 is 0 Å². The first kappa shape index (κ1) is 8.81. The molecule has 0 unspecified atom stereocenters. The van der Waals surface area contributed by atoms with E-state index in [0.717, 1.165) is 30.6 Å². The topological polar surface area (TPSA) is 34.9 Å². The van der Waals surface area contributed by atoms with Crippen LogP contribution in [0.2, 0.25) is 0 Å². The molecular weight excluding hydrogens is 184 g/mol. The lowest BCUT2D eigenvalue weighted by molar-refractivity contribution is -0.116. The van der Waals surface area contributed by atoms with Gasteiger partial charge in [0.2, 0.25) is 0 Å². The second-order valence-electron chi connectivity index (χ2n) is 3.28. The van der Waals surface area contributed by atoms with Gasteiger partial charge in [-0.1, -0.05) is 0 Å². The van der Waals surface area contributed by atoms with Crippen molar-refractivity contribution in [2.45, 2.75) is 18.4 Å². The minimum Gasteiger partial charge on any atom is -0.301 e. The Morgan fingerprint density at radius 1 is 1.46 bits per heavy atom. The van der Waals surface area contributed by atoms with Crippen LogP contribution in [-0.4, -0.2) is 27.6 Å². The van der Waals surface area contributed by atoms with Gasteiger partial charge in [-0.25, -0.2) is 0 Å². The number of hydrogen-bond donors (Lipinski definition) is 0. The number of thioether (sulfide) groups is 1. The fourth-order valence-electron chi connectivity index (χ4n) is 1.66. The monoisotopic (exact) mass is 196 g/mol. The first-order valence-corrected chi connectivity index (χ1v) is 5.57. The van der Waals surface area contributed by atoms with Gasteiger partial charge >= 0.3 is 0 Å². The van der Waals surface area contributed by atoms with E-state index in [-0.39, 0.29) is 5.54 Å². The molecule has 0 radical (unpaired) electrons. The lowest BCUT2D eigenvalue weighted by Gasteiger charge is -2.31. The second kappa shape index (κ2) is 3.54. The van der Waals surface area contributed by atoms with Crippen molar-refractivity contribution in [3.63, 3.8) is 0 Å². The third kappa shape index (κ3) is 1.50. The van der Waals surface area contributed by atoms with E-state index in [4.69, 9.17) is 0 Å². The van der Waals surface area contributed by atoms with Gasteiger partial charge in [-0.2, -0.15) is 16.9 Å². The molecule has 2 heterocycles. The minimum atomic E-state index is -0.352. The summed E-state index contributed by atoms with van der Waals surface area (Å²) in [5.74, 6) is 2.11. The summed E-state index contributed by atoms with van der Waals surface area (Å²) in [5.41, 5.74) is -0.352. The number of hydrogen-bond acceptors (Lipinski definition) is 3. The smallest absolute Gasteiger partial charge is 0.147 e. The Hall–Kier alpha value is -0.770. The fraction of sp³-hybridized carbons (Fsp3) is 0.556. The number of aldehydes is 1. The van der Waals surface area contributed by atoms with Crippen molar-refractivity contribution in [2.24, 2.45) is 0 Å². The quantitative estimate of drug-likeness (QED) is 0.669. The molecule has 0 amide bonds. The first-order valence-electron chi connectivity index (χ1n) is 4.42. The highest BCUT2D eigenvalue weighted by molar-refractivity contribution is 7.99. The molecule has 0 bridgehead atoms. The normalized spacial score (nSPS) is 21.2. The standard InChI is InChI=1S/C9H12N2OS/c12-8-9(2-6-13-7-3-9)11-5-1-4-10-11/h1,4-5,8H,2-3,6-7H2. The summed E-state index contributed by atoms with van der Waals surface area (Å²) in [5, 5.41) is 4.16. The third-order valence-electron chi connectivity index (χ3n) is 2.54. The number of nitrogens with zero attached hydrogens (tertiary/aromatic N) is 2. The van der Waals surface area contributed by atoms with Crippen molar-refractivity contribution in [1.82, 2.24) is 9.78 Å². The molecule has 1 aliphatic heterocycles. The second-order valence-corrected chi connectivity index (χ2v) is 4.51. The molecule has 1 fully saturated rings. The average molecular weight is 196 g/mol. The maximum Gasteiger partial charge on any atom is 0.147 e. The molecule has 0 N–H and O–H groups in total. The van der Waals surface area contributed by atoms with Crippen molar-refractivity contribution in [2.75, 3.05) is 11.5 Å². The van der Waals surface area contributed by atoms with Gasteiger partial charge in [0.05, 0.1) is 0 Å². The summed E-state index contributed by atoms with van der Waals surface area (Å²) in [6.45, 7) is 0. The predicted octanol–water partition coefficient (Wildman–Crippen LogP) is 1.30. The lowest BCUT2D eigenvalue weighted by atomic mass is 9.94. The molecule has 3 nitrogen and oxygen atoms in total. The number of carbonyl (C=O) groups excluding carboxylic acids is 1. The van der Waals surface area contributed by atoms with Crippen LogP contribution in [0.15, 0.2) is 18.5 Å². The molecule has 13 heavy (non-hydrogen) atoms. The van der Waals surface area contributed by atoms with Crippen LogP contribution in [0.5, 0.6) is 0 Å². The highest BCUT2D eigenvalue weighted by Crippen LogP contribution is 2.31. The highest BCUT2D eigenvalue weighted by atomic mass is 32.2. The summed E-state index contributed by atoms with van der Waals surface area (Å²) in [4.78, 5) is 11.1. The Bertz CT molecular complexity index is 278. The van der Waals surface area contributed by atoms with Crippen LogP contribution in [0.3, 0.4) is 0 Å². The Morgan fingerprint density at radius 3 is 2.77 bits per heavy atom. The number of rotatable bonds is 2.